The average molecular weight is 299 g/mol. The van der Waals surface area contributed by atoms with Gasteiger partial charge in [0.05, 0.1) is 12.1 Å². The number of rotatable bonds is 3. The monoisotopic (exact) mass is 299 g/mol. The van der Waals surface area contributed by atoms with Crippen molar-refractivity contribution < 1.29 is 37.0 Å². The Balaban J connectivity index is 2.83. The van der Waals surface area contributed by atoms with Crippen LogP contribution in [0.1, 0.15) is 20.3 Å². The van der Waals surface area contributed by atoms with E-state index >= 15 is 0 Å². The molecular weight excluding hydrogens is 283 g/mol. The Kier molecular flexibility index (Phi) is 5.35. The van der Waals surface area contributed by atoms with Crippen molar-refractivity contribution in [2.45, 2.75) is 51.0 Å². The first-order valence-electron chi connectivity index (χ1n) is 5.88. The minimum absolute atomic E-state index is 0.0550. The summed E-state index contributed by atoms with van der Waals surface area (Å²) in [5.74, 6) is -2.77. The first-order chi connectivity index (χ1) is 9.15. The zero-order valence-corrected chi connectivity index (χ0v) is 11.2. The first-order valence-corrected chi connectivity index (χ1v) is 5.88. The Morgan fingerprint density at radius 2 is 1.95 bits per heavy atom. The maximum absolute atomic E-state index is 12.3. The van der Waals surface area contributed by atoms with E-state index in [1.54, 1.807) is 0 Å². The molecule has 1 N–H and O–H groups in total. The van der Waals surface area contributed by atoms with E-state index in [9.17, 15) is 22.8 Å². The zero-order chi connectivity index (χ0) is 15.5. The molecule has 0 spiro atoms. The quantitative estimate of drug-likeness (QED) is 0.778. The van der Waals surface area contributed by atoms with E-state index < -0.39 is 42.6 Å². The highest BCUT2D eigenvalue weighted by atomic mass is 19.4. The number of carbonyl (C=O) groups is 2. The van der Waals surface area contributed by atoms with Crippen molar-refractivity contribution in [2.24, 2.45) is 0 Å². The van der Waals surface area contributed by atoms with Gasteiger partial charge >= 0.3 is 18.1 Å². The van der Waals surface area contributed by atoms with E-state index in [1.807, 2.05) is 5.32 Å². The summed E-state index contributed by atoms with van der Waals surface area (Å²) in [5, 5.41) is 1.81. The lowest BCUT2D eigenvalue weighted by Gasteiger charge is -2.39. The molecule has 1 fully saturated rings. The fourth-order valence-electron chi connectivity index (χ4n) is 1.95. The second kappa shape index (κ2) is 6.40. The number of amides is 1. The summed E-state index contributed by atoms with van der Waals surface area (Å²) in [5.41, 5.74) is 0. The van der Waals surface area contributed by atoms with Crippen molar-refractivity contribution >= 4 is 11.9 Å². The van der Waals surface area contributed by atoms with Gasteiger partial charge in [-0.05, 0) is 6.92 Å². The van der Waals surface area contributed by atoms with Gasteiger partial charge in [-0.2, -0.15) is 13.2 Å². The number of hydrogen-bond acceptors (Lipinski definition) is 5. The number of hydrogen-bond donors (Lipinski definition) is 1. The van der Waals surface area contributed by atoms with Gasteiger partial charge in [-0.1, -0.05) is 0 Å². The second-order valence-electron chi connectivity index (χ2n) is 4.39. The number of carbonyl (C=O) groups excluding carboxylic acids is 2. The highest BCUT2D eigenvalue weighted by molar-refractivity contribution is 5.82. The summed E-state index contributed by atoms with van der Waals surface area (Å²) in [4.78, 5) is 22.0. The molecule has 20 heavy (non-hydrogen) atoms. The molecule has 0 unspecified atom stereocenters. The predicted octanol–water partition coefficient (Wildman–Crippen LogP) is 0.746. The predicted molar refractivity (Wildman–Crippen MR) is 59.5 cm³/mol. The summed E-state index contributed by atoms with van der Waals surface area (Å²) in [6.45, 7) is 2.64. The van der Waals surface area contributed by atoms with Crippen LogP contribution in [0.4, 0.5) is 13.2 Å². The van der Waals surface area contributed by atoms with Crippen LogP contribution in [0.2, 0.25) is 0 Å². The van der Waals surface area contributed by atoms with Crippen molar-refractivity contribution in [1.29, 1.82) is 0 Å². The topological polar surface area (TPSA) is 73.9 Å². The van der Waals surface area contributed by atoms with Crippen molar-refractivity contribution in [1.82, 2.24) is 5.32 Å². The van der Waals surface area contributed by atoms with Crippen molar-refractivity contribution in [2.75, 3.05) is 7.11 Å². The van der Waals surface area contributed by atoms with Crippen LogP contribution < -0.4 is 5.32 Å². The molecule has 0 aromatic heterocycles. The number of ether oxygens (including phenoxy) is 3. The van der Waals surface area contributed by atoms with Gasteiger partial charge < -0.3 is 19.5 Å². The lowest BCUT2D eigenvalue weighted by atomic mass is 9.99. The number of nitrogens with one attached hydrogen (secondary N) is 1. The molecule has 0 aromatic rings. The van der Waals surface area contributed by atoms with Gasteiger partial charge in [0.1, 0.15) is 6.10 Å². The average Bonchev–Trinajstić information content (AvgIpc) is 2.31. The molecule has 116 valence electrons. The third-order valence-electron chi connectivity index (χ3n) is 2.81. The molecule has 1 aliphatic heterocycles. The summed E-state index contributed by atoms with van der Waals surface area (Å²) >= 11 is 0. The molecule has 0 aromatic carbocycles. The molecule has 4 atom stereocenters. The highest BCUT2D eigenvalue weighted by Gasteiger charge is 2.45. The summed E-state index contributed by atoms with van der Waals surface area (Å²) < 4.78 is 52.0. The summed E-state index contributed by atoms with van der Waals surface area (Å²) in [6.07, 6.45) is -7.57. The molecule has 1 heterocycles. The molecule has 0 saturated carbocycles. The molecular formula is C11H16F3NO5. The van der Waals surface area contributed by atoms with E-state index in [1.165, 1.54) is 14.0 Å². The largest absolute Gasteiger partial charge is 0.471 e. The van der Waals surface area contributed by atoms with Gasteiger partial charge in [-0.25, -0.2) is 0 Å². The van der Waals surface area contributed by atoms with Crippen molar-refractivity contribution in [3.63, 3.8) is 0 Å². The second-order valence-corrected chi connectivity index (χ2v) is 4.39. The Hall–Kier alpha value is -1.35. The minimum atomic E-state index is -5.01. The van der Waals surface area contributed by atoms with E-state index in [-0.39, 0.29) is 6.42 Å². The van der Waals surface area contributed by atoms with Gasteiger partial charge in [0.2, 0.25) is 0 Å². The van der Waals surface area contributed by atoms with Crippen LogP contribution in [0.5, 0.6) is 0 Å². The molecule has 1 amide bonds. The third-order valence-corrected chi connectivity index (χ3v) is 2.81. The molecule has 0 bridgehead atoms. The Labute approximate surface area is 113 Å². The smallest absolute Gasteiger partial charge is 0.458 e. The van der Waals surface area contributed by atoms with E-state index in [2.05, 4.69) is 0 Å². The fraction of sp³-hybridized carbons (Fsp3) is 0.818. The molecule has 9 heteroatoms. The van der Waals surface area contributed by atoms with Crippen LogP contribution in [-0.2, 0) is 23.8 Å². The van der Waals surface area contributed by atoms with E-state index in [0.29, 0.717) is 0 Å². The maximum Gasteiger partial charge on any atom is 0.471 e. The minimum Gasteiger partial charge on any atom is -0.458 e. The SMILES string of the molecule is CO[C@H]1C[C@@H](NC(=O)C(F)(F)F)[C@@H](OC(C)=O)[C@H](C)O1. The van der Waals surface area contributed by atoms with Crippen LogP contribution in [0, 0.1) is 0 Å². The Bertz CT molecular complexity index is 374. The number of esters is 1. The summed E-state index contributed by atoms with van der Waals surface area (Å²) in [7, 11) is 1.33. The Morgan fingerprint density at radius 3 is 2.40 bits per heavy atom. The number of alkyl halides is 3. The van der Waals surface area contributed by atoms with Gasteiger partial charge in [0.15, 0.2) is 6.29 Å². The fourth-order valence-corrected chi connectivity index (χ4v) is 1.95. The van der Waals surface area contributed by atoms with E-state index in [4.69, 9.17) is 14.2 Å². The molecule has 0 radical (unpaired) electrons. The van der Waals surface area contributed by atoms with Crippen molar-refractivity contribution in [3.05, 3.63) is 0 Å². The highest BCUT2D eigenvalue weighted by Crippen LogP contribution is 2.25. The van der Waals surface area contributed by atoms with Gasteiger partial charge in [0, 0.05) is 20.5 Å². The molecule has 0 aliphatic carbocycles. The number of methoxy groups -OCH3 is 1. The lowest BCUT2D eigenvalue weighted by molar-refractivity contribution is -0.226. The normalized spacial score (nSPS) is 30.7. The van der Waals surface area contributed by atoms with E-state index in [0.717, 1.165) is 6.92 Å². The van der Waals surface area contributed by atoms with Crippen LogP contribution in [0.3, 0.4) is 0 Å². The molecule has 1 aliphatic rings. The van der Waals surface area contributed by atoms with Crippen LogP contribution in [-0.4, -0.2) is 49.7 Å². The third kappa shape index (κ3) is 4.34. The van der Waals surface area contributed by atoms with Crippen LogP contribution >= 0.6 is 0 Å². The van der Waals surface area contributed by atoms with Gasteiger partial charge in [0.25, 0.3) is 0 Å². The Morgan fingerprint density at radius 1 is 1.35 bits per heavy atom. The lowest BCUT2D eigenvalue weighted by Crippen LogP contribution is -2.58. The van der Waals surface area contributed by atoms with Gasteiger partial charge in [-0.3, -0.25) is 9.59 Å². The first kappa shape index (κ1) is 16.7. The van der Waals surface area contributed by atoms with Crippen LogP contribution in [0.25, 0.3) is 0 Å². The standard InChI is InChI=1S/C11H16F3NO5/c1-5-9(20-6(2)16)7(4-8(18-3)19-5)15-10(17)11(12,13)14/h5,7-9H,4H2,1-3H3,(H,15,17)/t5-,7+,8+,9-/m0/s1. The molecule has 1 rings (SSSR count). The summed E-state index contributed by atoms with van der Waals surface area (Å²) in [6, 6.07) is -1.04. The molecule has 6 nitrogen and oxygen atoms in total. The van der Waals surface area contributed by atoms with Gasteiger partial charge in [-0.15, -0.1) is 0 Å². The zero-order valence-electron chi connectivity index (χ0n) is 11.2. The van der Waals surface area contributed by atoms with Crippen molar-refractivity contribution in [3.8, 4) is 0 Å². The molecule has 1 saturated heterocycles. The van der Waals surface area contributed by atoms with Crippen LogP contribution in [0.15, 0.2) is 0 Å². The maximum atomic E-state index is 12.3. The number of halogens is 3.